The molecule has 9 heteroatoms. The quantitative estimate of drug-likeness (QED) is 0.465. The van der Waals surface area contributed by atoms with Gasteiger partial charge in [0, 0.05) is 29.0 Å². The number of anilines is 1. The summed E-state index contributed by atoms with van der Waals surface area (Å²) in [5, 5.41) is 11.0. The van der Waals surface area contributed by atoms with Crippen LogP contribution in [0.1, 0.15) is 41.2 Å². The van der Waals surface area contributed by atoms with Crippen molar-refractivity contribution >= 4 is 35.7 Å². The Balaban J connectivity index is 0.00000363. The topological polar surface area (TPSA) is 81.1 Å². The van der Waals surface area contributed by atoms with Crippen LogP contribution in [0.15, 0.2) is 42.6 Å². The van der Waals surface area contributed by atoms with E-state index in [1.807, 2.05) is 38.2 Å². The molecule has 1 aromatic carbocycles. The van der Waals surface area contributed by atoms with Gasteiger partial charge in [-0.3, -0.25) is 9.48 Å². The molecule has 0 saturated heterocycles. The van der Waals surface area contributed by atoms with Gasteiger partial charge in [-0.1, -0.05) is 31.5 Å². The van der Waals surface area contributed by atoms with Crippen molar-refractivity contribution in [2.75, 3.05) is 19.0 Å². The first-order chi connectivity index (χ1) is 14.9. The van der Waals surface area contributed by atoms with Crippen LogP contribution in [-0.4, -0.2) is 34.3 Å². The van der Waals surface area contributed by atoms with Gasteiger partial charge in [-0.2, -0.15) is 5.10 Å². The third-order valence-electron chi connectivity index (χ3n) is 4.58. The van der Waals surface area contributed by atoms with E-state index >= 15 is 0 Å². The van der Waals surface area contributed by atoms with Crippen molar-refractivity contribution < 1.29 is 9.53 Å². The maximum Gasteiger partial charge on any atom is 0.277 e. The monoisotopic (exact) mass is 477 g/mol. The summed E-state index contributed by atoms with van der Waals surface area (Å²) in [4.78, 5) is 16.9. The fourth-order valence-electron chi connectivity index (χ4n) is 3.00. The molecule has 1 amide bonds. The Hall–Kier alpha value is -2.61. The summed E-state index contributed by atoms with van der Waals surface area (Å²) in [6.45, 7) is 7.89. The van der Waals surface area contributed by atoms with Crippen molar-refractivity contribution in [1.82, 2.24) is 20.1 Å². The lowest BCUT2D eigenvalue weighted by Crippen LogP contribution is -2.15. The fourth-order valence-corrected chi connectivity index (χ4v) is 3.19. The average Bonchev–Trinajstić information content (AvgIpc) is 3.09. The lowest BCUT2D eigenvalue weighted by molar-refractivity contribution is 0.102. The Morgan fingerprint density at radius 1 is 1.22 bits per heavy atom. The van der Waals surface area contributed by atoms with E-state index in [2.05, 4.69) is 34.6 Å². The maximum absolute atomic E-state index is 12.7. The highest BCUT2D eigenvalue weighted by molar-refractivity contribution is 6.30. The van der Waals surface area contributed by atoms with E-state index in [1.54, 1.807) is 23.0 Å². The van der Waals surface area contributed by atoms with Gasteiger partial charge in [-0.15, -0.1) is 12.4 Å². The van der Waals surface area contributed by atoms with Crippen LogP contribution in [0.25, 0.3) is 0 Å². The van der Waals surface area contributed by atoms with Crippen molar-refractivity contribution in [3.63, 3.8) is 0 Å². The molecule has 0 fully saturated rings. The van der Waals surface area contributed by atoms with Gasteiger partial charge in [0.05, 0.1) is 13.2 Å². The second kappa shape index (κ2) is 11.9. The summed E-state index contributed by atoms with van der Waals surface area (Å²) in [6, 6.07) is 11.0. The molecular formula is C23H29Cl2N5O2. The van der Waals surface area contributed by atoms with Crippen LogP contribution >= 0.6 is 24.0 Å². The second-order valence-corrected chi connectivity index (χ2v) is 8.26. The minimum Gasteiger partial charge on any atom is -0.493 e. The number of halogens is 2. The minimum atomic E-state index is -0.307. The first kappa shape index (κ1) is 25.6. The third kappa shape index (κ3) is 6.95. The fraction of sp³-hybridized carbons (Fsp3) is 0.348. The maximum atomic E-state index is 12.7. The van der Waals surface area contributed by atoms with E-state index in [1.165, 1.54) is 0 Å². The molecule has 0 saturated carbocycles. The number of hydrogen-bond acceptors (Lipinski definition) is 5. The average molecular weight is 478 g/mol. The van der Waals surface area contributed by atoms with Crippen LogP contribution in [0.3, 0.4) is 0 Å². The van der Waals surface area contributed by atoms with Crippen LogP contribution in [-0.2, 0) is 13.1 Å². The number of aryl methyl sites for hydroxylation is 1. The van der Waals surface area contributed by atoms with E-state index in [0.717, 1.165) is 29.1 Å². The van der Waals surface area contributed by atoms with Gasteiger partial charge < -0.3 is 15.4 Å². The van der Waals surface area contributed by atoms with Crippen molar-refractivity contribution in [1.29, 1.82) is 0 Å². The summed E-state index contributed by atoms with van der Waals surface area (Å²) >= 11 is 6.20. The Morgan fingerprint density at radius 3 is 2.66 bits per heavy atom. The van der Waals surface area contributed by atoms with E-state index in [0.29, 0.717) is 35.6 Å². The summed E-state index contributed by atoms with van der Waals surface area (Å²) in [5.74, 6) is 1.35. The molecule has 172 valence electrons. The Labute approximate surface area is 199 Å². The molecule has 32 heavy (non-hydrogen) atoms. The van der Waals surface area contributed by atoms with Crippen molar-refractivity contribution in [2.24, 2.45) is 5.92 Å². The van der Waals surface area contributed by atoms with Crippen LogP contribution in [0.2, 0.25) is 5.02 Å². The number of carbonyl (C=O) groups is 1. The van der Waals surface area contributed by atoms with Gasteiger partial charge in [0.1, 0.15) is 11.6 Å². The summed E-state index contributed by atoms with van der Waals surface area (Å²) in [5.41, 5.74) is 3.13. The van der Waals surface area contributed by atoms with E-state index < -0.39 is 0 Å². The number of aromatic nitrogens is 3. The lowest BCUT2D eigenvalue weighted by Gasteiger charge is -2.14. The van der Waals surface area contributed by atoms with Crippen LogP contribution in [0.5, 0.6) is 5.75 Å². The first-order valence-electron chi connectivity index (χ1n) is 10.2. The van der Waals surface area contributed by atoms with Crippen molar-refractivity contribution in [2.45, 2.75) is 33.9 Å². The molecule has 2 aromatic heterocycles. The number of benzene rings is 1. The molecule has 0 radical (unpaired) electrons. The summed E-state index contributed by atoms with van der Waals surface area (Å²) in [7, 11) is 1.87. The van der Waals surface area contributed by atoms with Gasteiger partial charge in [0.15, 0.2) is 5.69 Å². The normalized spacial score (nSPS) is 10.7. The third-order valence-corrected chi connectivity index (χ3v) is 4.81. The Morgan fingerprint density at radius 2 is 2.00 bits per heavy atom. The molecule has 0 atom stereocenters. The van der Waals surface area contributed by atoms with Crippen LogP contribution in [0, 0.1) is 12.8 Å². The zero-order valence-electron chi connectivity index (χ0n) is 18.7. The number of carbonyl (C=O) groups excluding carboxylic acids is 1. The highest BCUT2D eigenvalue weighted by Crippen LogP contribution is 2.25. The number of rotatable bonds is 9. The van der Waals surface area contributed by atoms with Gasteiger partial charge in [0.2, 0.25) is 0 Å². The number of pyridine rings is 1. The first-order valence-corrected chi connectivity index (χ1v) is 10.6. The Kier molecular flexibility index (Phi) is 9.50. The molecule has 0 spiro atoms. The minimum absolute atomic E-state index is 0. The lowest BCUT2D eigenvalue weighted by atomic mass is 10.2. The smallest absolute Gasteiger partial charge is 0.277 e. The molecule has 2 N–H and O–H groups in total. The SMILES string of the molecule is CNCc1ccc(NC(=O)c2cc(C)n(Cc3cc(Cl)ccc3OCC(C)C)n2)nc1.Cl. The number of ether oxygens (including phenoxy) is 1. The van der Waals surface area contributed by atoms with Gasteiger partial charge >= 0.3 is 0 Å². The molecule has 3 aromatic rings. The second-order valence-electron chi connectivity index (χ2n) is 7.82. The van der Waals surface area contributed by atoms with Crippen LogP contribution in [0.4, 0.5) is 5.82 Å². The highest BCUT2D eigenvalue weighted by atomic mass is 35.5. The number of nitrogens with zero attached hydrogens (tertiary/aromatic N) is 3. The van der Waals surface area contributed by atoms with Crippen LogP contribution < -0.4 is 15.4 Å². The summed E-state index contributed by atoms with van der Waals surface area (Å²) < 4.78 is 7.70. The van der Waals surface area contributed by atoms with Crippen molar-refractivity contribution in [3.8, 4) is 5.75 Å². The molecule has 0 aliphatic rings. The molecule has 0 aliphatic carbocycles. The van der Waals surface area contributed by atoms with Crippen molar-refractivity contribution in [3.05, 3.63) is 70.1 Å². The standard InChI is InChI=1S/C23H28ClN5O2.ClH/c1-15(2)14-31-21-7-6-19(24)10-18(21)13-29-16(3)9-20(28-29)23(30)27-22-8-5-17(11-25-4)12-26-22;/h5-10,12,15,25H,11,13-14H2,1-4H3,(H,26,27,30);1H. The van der Waals surface area contributed by atoms with E-state index in [-0.39, 0.29) is 18.3 Å². The van der Waals surface area contributed by atoms with Gasteiger partial charge in [-0.05, 0) is 55.8 Å². The van der Waals surface area contributed by atoms with E-state index in [4.69, 9.17) is 16.3 Å². The molecule has 0 unspecified atom stereocenters. The largest absolute Gasteiger partial charge is 0.493 e. The zero-order chi connectivity index (χ0) is 22.4. The molecule has 3 rings (SSSR count). The molecule has 0 bridgehead atoms. The molecule has 7 nitrogen and oxygen atoms in total. The number of hydrogen-bond donors (Lipinski definition) is 2. The summed E-state index contributed by atoms with van der Waals surface area (Å²) in [6.07, 6.45) is 1.73. The van der Waals surface area contributed by atoms with Gasteiger partial charge in [0.25, 0.3) is 5.91 Å². The van der Waals surface area contributed by atoms with Gasteiger partial charge in [-0.25, -0.2) is 4.98 Å². The predicted molar refractivity (Wildman–Crippen MR) is 130 cm³/mol. The Bertz CT molecular complexity index is 1040. The van der Waals surface area contributed by atoms with E-state index in [9.17, 15) is 4.79 Å². The molecule has 2 heterocycles. The number of amides is 1. The number of nitrogens with one attached hydrogen (secondary N) is 2. The highest BCUT2D eigenvalue weighted by Gasteiger charge is 2.15. The predicted octanol–water partition coefficient (Wildman–Crippen LogP) is 4.72. The molecule has 0 aliphatic heterocycles. The zero-order valence-corrected chi connectivity index (χ0v) is 20.3. The molecular weight excluding hydrogens is 449 g/mol.